The standard InChI is InChI=1S/C16H15BrN2O3/c17-13-4-2-1-3-12(13)15(20)19-11-7-5-10(6-8-11)9-14(18)16(21)22/h1-8,14H,9,18H2,(H,19,20)(H,21,22)/t14-/m0/s1. The van der Waals surface area contributed by atoms with E-state index < -0.39 is 12.0 Å². The number of hydrogen-bond acceptors (Lipinski definition) is 3. The predicted octanol–water partition coefficient (Wildman–Crippen LogP) is 2.66. The Hall–Kier alpha value is -2.18. The highest BCUT2D eigenvalue weighted by Crippen LogP contribution is 2.18. The first-order valence-corrected chi connectivity index (χ1v) is 7.40. The molecule has 0 heterocycles. The third kappa shape index (κ3) is 4.16. The summed E-state index contributed by atoms with van der Waals surface area (Å²) in [6, 6.07) is 13.2. The fraction of sp³-hybridized carbons (Fsp3) is 0.125. The van der Waals surface area contributed by atoms with Gasteiger partial charge in [0.1, 0.15) is 6.04 Å². The van der Waals surface area contributed by atoms with E-state index in [1.54, 1.807) is 42.5 Å². The van der Waals surface area contributed by atoms with E-state index in [2.05, 4.69) is 21.2 Å². The van der Waals surface area contributed by atoms with Crippen LogP contribution in [0.1, 0.15) is 15.9 Å². The Kier molecular flexibility index (Phi) is 5.30. The van der Waals surface area contributed by atoms with E-state index in [0.717, 1.165) is 10.0 Å². The van der Waals surface area contributed by atoms with Gasteiger partial charge >= 0.3 is 5.97 Å². The number of carboxylic acids is 1. The van der Waals surface area contributed by atoms with Crippen LogP contribution in [0.4, 0.5) is 5.69 Å². The third-order valence-electron chi connectivity index (χ3n) is 3.10. The molecule has 6 heteroatoms. The molecule has 0 saturated carbocycles. The lowest BCUT2D eigenvalue weighted by molar-refractivity contribution is -0.138. The van der Waals surface area contributed by atoms with Crippen LogP contribution >= 0.6 is 15.9 Å². The molecule has 0 spiro atoms. The molecule has 1 amide bonds. The van der Waals surface area contributed by atoms with Crippen LogP contribution in [0, 0.1) is 0 Å². The first kappa shape index (κ1) is 16.2. The van der Waals surface area contributed by atoms with Crippen molar-refractivity contribution in [2.24, 2.45) is 5.73 Å². The Morgan fingerprint density at radius 1 is 1.14 bits per heavy atom. The van der Waals surface area contributed by atoms with Crippen LogP contribution in [-0.2, 0) is 11.2 Å². The van der Waals surface area contributed by atoms with Crippen molar-refractivity contribution < 1.29 is 14.7 Å². The molecular formula is C16H15BrN2O3. The first-order valence-electron chi connectivity index (χ1n) is 6.60. The van der Waals surface area contributed by atoms with Crippen molar-refractivity contribution in [2.75, 3.05) is 5.32 Å². The van der Waals surface area contributed by atoms with Crippen molar-refractivity contribution in [2.45, 2.75) is 12.5 Å². The molecule has 0 bridgehead atoms. The van der Waals surface area contributed by atoms with Gasteiger partial charge in [-0.25, -0.2) is 0 Å². The smallest absolute Gasteiger partial charge is 0.320 e. The summed E-state index contributed by atoms with van der Waals surface area (Å²) >= 11 is 3.33. The Morgan fingerprint density at radius 3 is 2.36 bits per heavy atom. The number of hydrogen-bond donors (Lipinski definition) is 3. The zero-order chi connectivity index (χ0) is 16.1. The number of nitrogens with two attached hydrogens (primary N) is 1. The quantitative estimate of drug-likeness (QED) is 0.762. The van der Waals surface area contributed by atoms with Gasteiger partial charge < -0.3 is 16.2 Å². The number of nitrogens with one attached hydrogen (secondary N) is 1. The molecule has 5 nitrogen and oxygen atoms in total. The zero-order valence-corrected chi connectivity index (χ0v) is 13.2. The highest BCUT2D eigenvalue weighted by Gasteiger charge is 2.12. The number of carbonyl (C=O) groups excluding carboxylic acids is 1. The SMILES string of the molecule is N[C@@H](Cc1ccc(NC(=O)c2ccccc2Br)cc1)C(=O)O. The summed E-state index contributed by atoms with van der Waals surface area (Å²) in [7, 11) is 0. The molecule has 1 atom stereocenters. The Bertz CT molecular complexity index is 686. The maximum atomic E-state index is 12.1. The number of carbonyl (C=O) groups is 2. The van der Waals surface area contributed by atoms with Crippen molar-refractivity contribution in [1.29, 1.82) is 0 Å². The summed E-state index contributed by atoms with van der Waals surface area (Å²) in [5, 5.41) is 11.6. The number of carboxylic acid groups (broad SMARTS) is 1. The topological polar surface area (TPSA) is 92.4 Å². The van der Waals surface area contributed by atoms with Gasteiger partial charge in [-0.05, 0) is 52.2 Å². The van der Waals surface area contributed by atoms with Gasteiger partial charge in [0.25, 0.3) is 5.91 Å². The predicted molar refractivity (Wildman–Crippen MR) is 87.9 cm³/mol. The molecule has 2 rings (SSSR count). The van der Waals surface area contributed by atoms with Crippen molar-refractivity contribution in [3.05, 3.63) is 64.1 Å². The summed E-state index contributed by atoms with van der Waals surface area (Å²) in [5.74, 6) is -1.26. The lowest BCUT2D eigenvalue weighted by atomic mass is 10.1. The average molecular weight is 363 g/mol. The van der Waals surface area contributed by atoms with E-state index in [-0.39, 0.29) is 12.3 Å². The fourth-order valence-corrected chi connectivity index (χ4v) is 2.37. The van der Waals surface area contributed by atoms with Gasteiger partial charge in [-0.3, -0.25) is 9.59 Å². The summed E-state index contributed by atoms with van der Waals surface area (Å²) in [5.41, 5.74) is 7.46. The van der Waals surface area contributed by atoms with E-state index in [9.17, 15) is 9.59 Å². The maximum Gasteiger partial charge on any atom is 0.320 e. The van der Waals surface area contributed by atoms with Gasteiger partial charge in [-0.15, -0.1) is 0 Å². The van der Waals surface area contributed by atoms with Crippen molar-refractivity contribution in [3.8, 4) is 0 Å². The van der Waals surface area contributed by atoms with E-state index >= 15 is 0 Å². The molecule has 0 fully saturated rings. The van der Waals surface area contributed by atoms with Crippen LogP contribution in [0.15, 0.2) is 53.0 Å². The molecule has 114 valence electrons. The van der Waals surface area contributed by atoms with E-state index in [1.165, 1.54) is 0 Å². The molecule has 4 N–H and O–H groups in total. The lowest BCUT2D eigenvalue weighted by Gasteiger charge is -2.09. The molecule has 0 aliphatic rings. The minimum atomic E-state index is -1.04. The Labute approximate surface area is 136 Å². The second-order valence-electron chi connectivity index (χ2n) is 4.78. The first-order chi connectivity index (χ1) is 10.5. The lowest BCUT2D eigenvalue weighted by Crippen LogP contribution is -2.32. The number of benzene rings is 2. The summed E-state index contributed by atoms with van der Waals surface area (Å²) in [6.45, 7) is 0. The number of amides is 1. The van der Waals surface area contributed by atoms with Crippen LogP contribution in [0.5, 0.6) is 0 Å². The van der Waals surface area contributed by atoms with Gasteiger partial charge in [0.15, 0.2) is 0 Å². The molecule has 0 unspecified atom stereocenters. The Morgan fingerprint density at radius 2 is 1.77 bits per heavy atom. The van der Waals surface area contributed by atoms with Gasteiger partial charge in [-0.2, -0.15) is 0 Å². The summed E-state index contributed by atoms with van der Waals surface area (Å²) < 4.78 is 0.719. The minimum Gasteiger partial charge on any atom is -0.480 e. The monoisotopic (exact) mass is 362 g/mol. The largest absolute Gasteiger partial charge is 0.480 e. The van der Waals surface area contributed by atoms with Crippen molar-refractivity contribution in [1.82, 2.24) is 0 Å². The molecule has 0 aliphatic carbocycles. The fourth-order valence-electron chi connectivity index (χ4n) is 1.91. The molecule has 22 heavy (non-hydrogen) atoms. The van der Waals surface area contributed by atoms with E-state index in [0.29, 0.717) is 11.3 Å². The second-order valence-corrected chi connectivity index (χ2v) is 5.63. The Balaban J connectivity index is 2.04. The van der Waals surface area contributed by atoms with Crippen LogP contribution in [-0.4, -0.2) is 23.0 Å². The van der Waals surface area contributed by atoms with Crippen LogP contribution in [0.25, 0.3) is 0 Å². The molecule has 0 aromatic heterocycles. The highest BCUT2D eigenvalue weighted by molar-refractivity contribution is 9.10. The number of anilines is 1. The molecular weight excluding hydrogens is 348 g/mol. The van der Waals surface area contributed by atoms with E-state index in [1.807, 2.05) is 6.07 Å². The summed E-state index contributed by atoms with van der Waals surface area (Å²) in [4.78, 5) is 22.9. The van der Waals surface area contributed by atoms with Gasteiger partial charge in [0.05, 0.1) is 5.56 Å². The van der Waals surface area contributed by atoms with Crippen LogP contribution in [0.3, 0.4) is 0 Å². The normalized spacial score (nSPS) is 11.7. The van der Waals surface area contributed by atoms with Crippen molar-refractivity contribution >= 4 is 33.5 Å². The average Bonchev–Trinajstić information content (AvgIpc) is 2.49. The third-order valence-corrected chi connectivity index (χ3v) is 3.79. The van der Waals surface area contributed by atoms with Crippen LogP contribution < -0.4 is 11.1 Å². The maximum absolute atomic E-state index is 12.1. The number of aliphatic carboxylic acids is 1. The van der Waals surface area contributed by atoms with Crippen molar-refractivity contribution in [3.63, 3.8) is 0 Å². The summed E-state index contributed by atoms with van der Waals surface area (Å²) in [6.07, 6.45) is 0.244. The van der Waals surface area contributed by atoms with Crippen LogP contribution in [0.2, 0.25) is 0 Å². The van der Waals surface area contributed by atoms with Gasteiger partial charge in [0.2, 0.25) is 0 Å². The molecule has 0 aliphatic heterocycles. The molecule has 0 radical (unpaired) electrons. The van der Waals surface area contributed by atoms with Gasteiger partial charge in [0, 0.05) is 10.2 Å². The number of halogens is 1. The highest BCUT2D eigenvalue weighted by atomic mass is 79.9. The number of rotatable bonds is 5. The van der Waals surface area contributed by atoms with E-state index in [4.69, 9.17) is 10.8 Å². The molecule has 2 aromatic rings. The van der Waals surface area contributed by atoms with Gasteiger partial charge in [-0.1, -0.05) is 24.3 Å². The minimum absolute atomic E-state index is 0.220. The zero-order valence-electron chi connectivity index (χ0n) is 11.6. The molecule has 0 saturated heterocycles. The second kappa shape index (κ2) is 7.20. The molecule has 2 aromatic carbocycles.